The van der Waals surface area contributed by atoms with Gasteiger partial charge in [0.15, 0.2) is 0 Å². The molecule has 1 saturated carbocycles. The van der Waals surface area contributed by atoms with Crippen molar-refractivity contribution in [2.24, 2.45) is 17.0 Å². The average molecular weight is 127 g/mol. The minimum atomic E-state index is 0.643. The minimum Gasteiger partial charge on any atom is -0.399 e. The molecule has 1 rings (SSSR count). The molecule has 0 N–H and O–H groups in total. The number of nitrogens with zero attached hydrogens (tertiary/aromatic N) is 1. The van der Waals surface area contributed by atoms with Crippen LogP contribution in [0.2, 0.25) is 0 Å². The molecular weight excluding hydrogens is 114 g/mol. The third-order valence-electron chi connectivity index (χ3n) is 2.12. The Kier molecular flexibility index (Phi) is 1.74. The molecule has 52 valence electrons. The Morgan fingerprint density at radius 2 is 2.22 bits per heavy atom. The lowest BCUT2D eigenvalue weighted by molar-refractivity contribution is 0.202. The van der Waals surface area contributed by atoms with E-state index in [9.17, 15) is 0 Å². The van der Waals surface area contributed by atoms with Gasteiger partial charge in [0.05, 0.1) is 5.71 Å². The molecule has 1 fully saturated rings. The minimum absolute atomic E-state index is 0.643. The molecule has 0 aromatic rings. The molecule has 2 heteroatoms. The molecule has 1 aliphatic carbocycles. The van der Waals surface area contributed by atoms with Crippen molar-refractivity contribution >= 4 is 5.71 Å². The molecule has 0 aliphatic heterocycles. The van der Waals surface area contributed by atoms with E-state index in [-0.39, 0.29) is 0 Å². The van der Waals surface area contributed by atoms with Gasteiger partial charge in [-0.1, -0.05) is 19.0 Å². The number of rotatable bonds is 1. The fourth-order valence-corrected chi connectivity index (χ4v) is 1.10. The summed E-state index contributed by atoms with van der Waals surface area (Å²) in [4.78, 5) is 4.65. The van der Waals surface area contributed by atoms with E-state index in [1.807, 2.05) is 0 Å². The highest BCUT2D eigenvalue weighted by Crippen LogP contribution is 2.30. The third kappa shape index (κ3) is 1.07. The predicted molar refractivity (Wildman–Crippen MR) is 37.4 cm³/mol. The van der Waals surface area contributed by atoms with Gasteiger partial charge in [0.2, 0.25) is 0 Å². The molecule has 0 spiro atoms. The fraction of sp³-hybridized carbons (Fsp3) is 0.857. The first-order chi connectivity index (χ1) is 4.25. The van der Waals surface area contributed by atoms with Crippen LogP contribution in [0.3, 0.4) is 0 Å². The van der Waals surface area contributed by atoms with Crippen LogP contribution in [0, 0.1) is 11.8 Å². The number of hydrogen-bond donors (Lipinski definition) is 0. The first-order valence-electron chi connectivity index (χ1n) is 3.35. The lowest BCUT2D eigenvalue weighted by Gasteiger charge is -2.31. The van der Waals surface area contributed by atoms with Crippen molar-refractivity contribution in [3.8, 4) is 0 Å². The van der Waals surface area contributed by atoms with Crippen molar-refractivity contribution in [3.63, 3.8) is 0 Å². The summed E-state index contributed by atoms with van der Waals surface area (Å²) in [6, 6.07) is 0. The Balaban J connectivity index is 2.41. The molecule has 0 bridgehead atoms. The summed E-state index contributed by atoms with van der Waals surface area (Å²) in [5.41, 5.74) is 1.21. The van der Waals surface area contributed by atoms with Gasteiger partial charge in [-0.25, -0.2) is 0 Å². The largest absolute Gasteiger partial charge is 0.399 e. The van der Waals surface area contributed by atoms with Crippen molar-refractivity contribution in [3.05, 3.63) is 0 Å². The van der Waals surface area contributed by atoms with Gasteiger partial charge in [0, 0.05) is 5.92 Å². The monoisotopic (exact) mass is 127 g/mol. The van der Waals surface area contributed by atoms with Gasteiger partial charge in [0.25, 0.3) is 0 Å². The quantitative estimate of drug-likeness (QED) is 0.491. The maximum absolute atomic E-state index is 4.65. The topological polar surface area (TPSA) is 21.6 Å². The molecule has 1 aliphatic rings. The maximum atomic E-state index is 4.65. The SMILES string of the molecule is CO/N=C1\CC(C)C1C. The zero-order valence-electron chi connectivity index (χ0n) is 6.22. The van der Waals surface area contributed by atoms with Gasteiger partial charge in [-0.3, -0.25) is 0 Å². The Labute approximate surface area is 55.9 Å². The third-order valence-corrected chi connectivity index (χ3v) is 2.12. The zero-order chi connectivity index (χ0) is 6.85. The highest BCUT2D eigenvalue weighted by molar-refractivity contribution is 5.91. The summed E-state index contributed by atoms with van der Waals surface area (Å²) >= 11 is 0. The maximum Gasteiger partial charge on any atom is 0.106 e. The average Bonchev–Trinajstić information content (AvgIpc) is 1.88. The lowest BCUT2D eigenvalue weighted by atomic mass is 9.74. The standard InChI is InChI=1S/C7H13NO/c1-5-4-7(6(5)2)8-9-3/h5-6H,4H2,1-3H3/b8-7+. The predicted octanol–water partition coefficient (Wildman–Crippen LogP) is 1.66. The van der Waals surface area contributed by atoms with E-state index >= 15 is 0 Å². The summed E-state index contributed by atoms with van der Waals surface area (Å²) in [5.74, 6) is 1.45. The van der Waals surface area contributed by atoms with Gasteiger partial charge in [-0.05, 0) is 12.3 Å². The molecule has 0 amide bonds. The first-order valence-corrected chi connectivity index (χ1v) is 3.35. The van der Waals surface area contributed by atoms with Crippen LogP contribution in [-0.4, -0.2) is 12.8 Å². The Hall–Kier alpha value is -0.530. The number of oxime groups is 1. The Bertz CT molecular complexity index is 131. The van der Waals surface area contributed by atoms with Gasteiger partial charge < -0.3 is 4.84 Å². The summed E-state index contributed by atoms with van der Waals surface area (Å²) in [7, 11) is 1.60. The molecule has 2 unspecified atom stereocenters. The fourth-order valence-electron chi connectivity index (χ4n) is 1.10. The van der Waals surface area contributed by atoms with Crippen LogP contribution in [0.4, 0.5) is 0 Å². The molecule has 0 saturated heterocycles. The summed E-state index contributed by atoms with van der Waals surface area (Å²) in [6.07, 6.45) is 1.12. The summed E-state index contributed by atoms with van der Waals surface area (Å²) in [6.45, 7) is 4.42. The molecular formula is C7H13NO. The molecule has 0 heterocycles. The highest BCUT2D eigenvalue weighted by atomic mass is 16.6. The van der Waals surface area contributed by atoms with E-state index < -0.39 is 0 Å². The second kappa shape index (κ2) is 2.38. The molecule has 0 aromatic carbocycles. The smallest absolute Gasteiger partial charge is 0.106 e. The van der Waals surface area contributed by atoms with Crippen LogP contribution in [0.15, 0.2) is 5.16 Å². The van der Waals surface area contributed by atoms with Gasteiger partial charge in [0.1, 0.15) is 7.11 Å². The van der Waals surface area contributed by atoms with Gasteiger partial charge >= 0.3 is 0 Å². The van der Waals surface area contributed by atoms with E-state index in [0.29, 0.717) is 5.92 Å². The molecule has 0 aromatic heterocycles. The second-order valence-electron chi connectivity index (χ2n) is 2.74. The van der Waals surface area contributed by atoms with Crippen molar-refractivity contribution in [2.75, 3.05) is 7.11 Å². The van der Waals surface area contributed by atoms with Crippen molar-refractivity contribution in [2.45, 2.75) is 20.3 Å². The van der Waals surface area contributed by atoms with Gasteiger partial charge in [-0.2, -0.15) is 0 Å². The Morgan fingerprint density at radius 3 is 2.56 bits per heavy atom. The molecule has 2 atom stereocenters. The van der Waals surface area contributed by atoms with E-state index in [1.165, 1.54) is 5.71 Å². The molecule has 9 heavy (non-hydrogen) atoms. The number of hydrogen-bond acceptors (Lipinski definition) is 2. The first kappa shape index (κ1) is 6.59. The normalized spacial score (nSPS) is 38.3. The lowest BCUT2D eigenvalue weighted by Crippen LogP contribution is -2.32. The van der Waals surface area contributed by atoms with Crippen molar-refractivity contribution in [1.29, 1.82) is 0 Å². The molecule has 0 radical (unpaired) electrons. The van der Waals surface area contributed by atoms with Crippen LogP contribution in [-0.2, 0) is 4.84 Å². The van der Waals surface area contributed by atoms with Crippen LogP contribution in [0.1, 0.15) is 20.3 Å². The van der Waals surface area contributed by atoms with Crippen LogP contribution >= 0.6 is 0 Å². The van der Waals surface area contributed by atoms with Gasteiger partial charge in [-0.15, -0.1) is 0 Å². The highest BCUT2D eigenvalue weighted by Gasteiger charge is 2.30. The van der Waals surface area contributed by atoms with Crippen LogP contribution in [0.25, 0.3) is 0 Å². The summed E-state index contributed by atoms with van der Waals surface area (Å²) < 4.78 is 0. The summed E-state index contributed by atoms with van der Waals surface area (Å²) in [5, 5.41) is 3.88. The van der Waals surface area contributed by atoms with E-state index in [1.54, 1.807) is 7.11 Å². The van der Waals surface area contributed by atoms with E-state index in [4.69, 9.17) is 0 Å². The zero-order valence-corrected chi connectivity index (χ0v) is 6.22. The van der Waals surface area contributed by atoms with Crippen molar-refractivity contribution in [1.82, 2.24) is 0 Å². The van der Waals surface area contributed by atoms with Crippen molar-refractivity contribution < 1.29 is 4.84 Å². The van der Waals surface area contributed by atoms with Crippen LogP contribution < -0.4 is 0 Å². The van der Waals surface area contributed by atoms with Crippen LogP contribution in [0.5, 0.6) is 0 Å². The Morgan fingerprint density at radius 1 is 1.56 bits per heavy atom. The molecule has 2 nitrogen and oxygen atoms in total. The van der Waals surface area contributed by atoms with E-state index in [0.717, 1.165) is 12.3 Å². The second-order valence-corrected chi connectivity index (χ2v) is 2.74. The van der Waals surface area contributed by atoms with E-state index in [2.05, 4.69) is 23.8 Å².